The van der Waals surface area contributed by atoms with E-state index in [0.29, 0.717) is 39.7 Å². The van der Waals surface area contributed by atoms with Crippen LogP contribution in [0.4, 0.5) is 5.82 Å². The molecule has 0 unspecified atom stereocenters. The number of hydrogen-bond acceptors (Lipinski definition) is 5. The molecule has 0 aliphatic carbocycles. The van der Waals surface area contributed by atoms with Crippen LogP contribution in [0.15, 0.2) is 85.5 Å². The average molecular weight is 441 g/mol. The van der Waals surface area contributed by atoms with Gasteiger partial charge in [-0.1, -0.05) is 48.0 Å². The maximum absolute atomic E-state index is 13.2. The van der Waals surface area contributed by atoms with Crippen LogP contribution in [0.25, 0.3) is 22.3 Å². The number of halogens is 1. The summed E-state index contributed by atoms with van der Waals surface area (Å²) in [7, 11) is 0. The van der Waals surface area contributed by atoms with Gasteiger partial charge >= 0.3 is 0 Å². The predicted octanol–water partition coefficient (Wildman–Crippen LogP) is 4.84. The molecule has 4 heterocycles. The number of rotatable bonds is 5. The van der Waals surface area contributed by atoms with Gasteiger partial charge in [0.05, 0.1) is 34.4 Å². The fourth-order valence-electron chi connectivity index (χ4n) is 3.41. The summed E-state index contributed by atoms with van der Waals surface area (Å²) >= 11 is 5.90. The lowest BCUT2D eigenvalue weighted by Gasteiger charge is -2.10. The van der Waals surface area contributed by atoms with Crippen LogP contribution < -0.4 is 5.32 Å². The third kappa shape index (κ3) is 4.06. The maximum atomic E-state index is 13.2. The van der Waals surface area contributed by atoms with E-state index in [-0.39, 0.29) is 5.91 Å². The zero-order chi connectivity index (χ0) is 21.9. The van der Waals surface area contributed by atoms with Crippen molar-refractivity contribution in [1.29, 1.82) is 0 Å². The van der Waals surface area contributed by atoms with Crippen molar-refractivity contribution in [1.82, 2.24) is 24.7 Å². The van der Waals surface area contributed by atoms with Crippen LogP contribution in [0.5, 0.6) is 0 Å². The van der Waals surface area contributed by atoms with Gasteiger partial charge in [0.25, 0.3) is 5.91 Å². The molecule has 0 bridgehead atoms. The highest BCUT2D eigenvalue weighted by Gasteiger charge is 2.18. The molecule has 0 aliphatic rings. The molecule has 0 fully saturated rings. The highest BCUT2D eigenvalue weighted by Crippen LogP contribution is 2.26. The first-order valence-electron chi connectivity index (χ1n) is 9.91. The van der Waals surface area contributed by atoms with Gasteiger partial charge in [-0.15, -0.1) is 0 Å². The first-order valence-corrected chi connectivity index (χ1v) is 10.3. The van der Waals surface area contributed by atoms with Crippen molar-refractivity contribution in [2.24, 2.45) is 0 Å². The van der Waals surface area contributed by atoms with E-state index in [9.17, 15) is 4.79 Å². The summed E-state index contributed by atoms with van der Waals surface area (Å²) in [5.74, 6) is 0.110. The van der Waals surface area contributed by atoms with E-state index in [1.807, 2.05) is 42.5 Å². The summed E-state index contributed by atoms with van der Waals surface area (Å²) in [6, 6.07) is 18.7. The standard InChI is InChI=1S/C24H17ClN6O/c25-18-8-9-22(27-13-18)30-24(32)19-11-21(17-6-2-1-3-7-17)29-23-20(19)14-28-31(23)15-16-5-4-10-26-12-16/h1-14H,15H2,(H,27,30,32). The molecule has 156 valence electrons. The van der Waals surface area contributed by atoms with E-state index in [1.54, 1.807) is 41.5 Å². The smallest absolute Gasteiger partial charge is 0.257 e. The Kier molecular flexibility index (Phi) is 5.31. The first-order chi connectivity index (χ1) is 15.7. The van der Waals surface area contributed by atoms with Gasteiger partial charge < -0.3 is 5.32 Å². The number of carbonyl (C=O) groups excluding carboxylic acids is 1. The number of nitrogens with one attached hydrogen (secondary N) is 1. The lowest BCUT2D eigenvalue weighted by atomic mass is 10.1. The number of benzene rings is 1. The molecule has 0 saturated carbocycles. The van der Waals surface area contributed by atoms with E-state index in [1.165, 1.54) is 6.20 Å². The fraction of sp³-hybridized carbons (Fsp3) is 0.0417. The summed E-state index contributed by atoms with van der Waals surface area (Å²) < 4.78 is 1.77. The minimum absolute atomic E-state index is 0.301. The predicted molar refractivity (Wildman–Crippen MR) is 124 cm³/mol. The molecule has 0 aliphatic heterocycles. The van der Waals surface area contributed by atoms with Crippen LogP contribution in [0.3, 0.4) is 0 Å². The third-order valence-corrected chi connectivity index (χ3v) is 5.17. The molecule has 5 aromatic rings. The Balaban J connectivity index is 1.60. The van der Waals surface area contributed by atoms with Gasteiger partial charge in [-0.05, 0) is 29.8 Å². The number of hydrogen-bond donors (Lipinski definition) is 1. The fourth-order valence-corrected chi connectivity index (χ4v) is 3.52. The highest BCUT2D eigenvalue weighted by molar-refractivity contribution is 6.30. The molecule has 7 nitrogen and oxygen atoms in total. The van der Waals surface area contributed by atoms with E-state index < -0.39 is 0 Å². The Morgan fingerprint density at radius 1 is 1.00 bits per heavy atom. The number of carbonyl (C=O) groups is 1. The molecular weight excluding hydrogens is 424 g/mol. The van der Waals surface area contributed by atoms with Crippen LogP contribution in [0.1, 0.15) is 15.9 Å². The lowest BCUT2D eigenvalue weighted by molar-refractivity contribution is 0.102. The van der Waals surface area contributed by atoms with Gasteiger partial charge in [0, 0.05) is 24.2 Å². The van der Waals surface area contributed by atoms with Gasteiger partial charge in [0.15, 0.2) is 5.65 Å². The van der Waals surface area contributed by atoms with Crippen molar-refractivity contribution in [3.05, 3.63) is 102 Å². The summed E-state index contributed by atoms with van der Waals surface area (Å²) in [6.45, 7) is 0.488. The molecule has 0 atom stereocenters. The van der Waals surface area contributed by atoms with Gasteiger partial charge in [-0.2, -0.15) is 5.10 Å². The van der Waals surface area contributed by atoms with E-state index in [2.05, 4.69) is 20.4 Å². The van der Waals surface area contributed by atoms with Crippen LogP contribution >= 0.6 is 11.6 Å². The molecule has 4 aromatic heterocycles. The Labute approximate surface area is 188 Å². The van der Waals surface area contributed by atoms with E-state index in [0.717, 1.165) is 11.1 Å². The monoisotopic (exact) mass is 440 g/mol. The quantitative estimate of drug-likeness (QED) is 0.422. The van der Waals surface area contributed by atoms with Gasteiger partial charge in [0.1, 0.15) is 5.82 Å². The van der Waals surface area contributed by atoms with Crippen LogP contribution in [0, 0.1) is 0 Å². The lowest BCUT2D eigenvalue weighted by Crippen LogP contribution is -2.14. The molecule has 8 heteroatoms. The van der Waals surface area contributed by atoms with Crippen molar-refractivity contribution in [2.75, 3.05) is 5.32 Å². The van der Waals surface area contributed by atoms with E-state index in [4.69, 9.17) is 16.6 Å². The van der Waals surface area contributed by atoms with Gasteiger partial charge in [-0.25, -0.2) is 14.6 Å². The zero-order valence-corrected chi connectivity index (χ0v) is 17.6. The van der Waals surface area contributed by atoms with Crippen molar-refractivity contribution in [2.45, 2.75) is 6.54 Å². The third-order valence-electron chi connectivity index (χ3n) is 4.95. The van der Waals surface area contributed by atoms with Crippen molar-refractivity contribution in [3.63, 3.8) is 0 Å². The molecule has 0 saturated heterocycles. The summed E-state index contributed by atoms with van der Waals surface area (Å²) in [5.41, 5.74) is 3.65. The first kappa shape index (κ1) is 19.8. The largest absolute Gasteiger partial charge is 0.307 e. The second kappa shape index (κ2) is 8.56. The number of pyridine rings is 3. The van der Waals surface area contributed by atoms with Gasteiger partial charge in [0.2, 0.25) is 0 Å². The van der Waals surface area contributed by atoms with Crippen molar-refractivity contribution >= 4 is 34.4 Å². The topological polar surface area (TPSA) is 85.6 Å². The second-order valence-corrected chi connectivity index (χ2v) is 7.57. The van der Waals surface area contributed by atoms with Crippen LogP contribution in [-0.2, 0) is 6.54 Å². The number of aromatic nitrogens is 5. The molecule has 0 spiro atoms. The number of fused-ring (bicyclic) bond motifs is 1. The Hall–Kier alpha value is -4.10. The van der Waals surface area contributed by atoms with Crippen LogP contribution in [0.2, 0.25) is 5.02 Å². The highest BCUT2D eigenvalue weighted by atomic mass is 35.5. The molecule has 5 rings (SSSR count). The van der Waals surface area contributed by atoms with Gasteiger partial charge in [-0.3, -0.25) is 9.78 Å². The van der Waals surface area contributed by atoms with Crippen molar-refractivity contribution in [3.8, 4) is 11.3 Å². The summed E-state index contributed by atoms with van der Waals surface area (Å²) in [5, 5.41) is 8.48. The summed E-state index contributed by atoms with van der Waals surface area (Å²) in [6.07, 6.45) is 6.66. The SMILES string of the molecule is O=C(Nc1ccc(Cl)cn1)c1cc(-c2ccccc2)nc2c1cnn2Cc1cccnc1. The molecular formula is C24H17ClN6O. The maximum Gasteiger partial charge on any atom is 0.257 e. The average Bonchev–Trinajstić information content (AvgIpc) is 3.23. The second-order valence-electron chi connectivity index (χ2n) is 7.14. The summed E-state index contributed by atoms with van der Waals surface area (Å²) in [4.78, 5) is 26.4. The molecule has 0 radical (unpaired) electrons. The Morgan fingerprint density at radius 3 is 2.62 bits per heavy atom. The van der Waals surface area contributed by atoms with E-state index >= 15 is 0 Å². The number of anilines is 1. The Bertz CT molecular complexity index is 1390. The normalized spacial score (nSPS) is 10.9. The molecule has 32 heavy (non-hydrogen) atoms. The minimum Gasteiger partial charge on any atom is -0.307 e. The molecule has 1 aromatic carbocycles. The number of nitrogens with zero attached hydrogens (tertiary/aromatic N) is 5. The van der Waals surface area contributed by atoms with Crippen LogP contribution in [-0.4, -0.2) is 30.6 Å². The molecule has 1 N–H and O–H groups in total. The molecule has 1 amide bonds. The minimum atomic E-state index is -0.301. The Morgan fingerprint density at radius 2 is 1.88 bits per heavy atom. The zero-order valence-electron chi connectivity index (χ0n) is 16.8. The van der Waals surface area contributed by atoms with Crippen molar-refractivity contribution < 1.29 is 4.79 Å². The number of amides is 1.